The number of rotatable bonds is 46. The predicted molar refractivity (Wildman–Crippen MR) is 394 cm³/mol. The van der Waals surface area contributed by atoms with Crippen LogP contribution in [0.3, 0.4) is 0 Å². The van der Waals surface area contributed by atoms with Gasteiger partial charge in [-0.3, -0.25) is 57.5 Å². The van der Waals surface area contributed by atoms with E-state index in [9.17, 15) is 47.9 Å². The molecule has 15 atom stereocenters. The molecule has 0 aromatic carbocycles. The Bertz CT molecular complexity index is 2770. The van der Waals surface area contributed by atoms with Crippen LogP contribution in [-0.4, -0.2) is 249 Å². The second-order valence-corrected chi connectivity index (χ2v) is 30.2. The van der Waals surface area contributed by atoms with Crippen LogP contribution in [0.15, 0.2) is 12.2 Å². The van der Waals surface area contributed by atoms with E-state index in [-0.39, 0.29) is 86.7 Å². The van der Waals surface area contributed by atoms with Crippen molar-refractivity contribution >= 4 is 76.8 Å². The van der Waals surface area contributed by atoms with Crippen LogP contribution >= 0.6 is 0 Å². The fourth-order valence-electron chi connectivity index (χ4n) is 12.9. The molecule has 0 radical (unpaired) electrons. The molecule has 5 N–H and O–H groups in total. The van der Waals surface area contributed by atoms with Crippen LogP contribution in [0.25, 0.3) is 0 Å². The van der Waals surface area contributed by atoms with Gasteiger partial charge in [0.2, 0.25) is 59.1 Å². The number of carbonyl (C=O) groups is 13. The molecule has 15 unspecified atom stereocenters. The van der Waals surface area contributed by atoms with Crippen molar-refractivity contribution in [2.75, 3.05) is 76.2 Å². The normalized spacial score (nSPS) is 16.2. The van der Waals surface area contributed by atoms with Crippen molar-refractivity contribution in [3.05, 3.63) is 12.2 Å². The maximum Gasteiger partial charge on any atom is 0.328 e. The Labute approximate surface area is 611 Å². The first-order valence-corrected chi connectivity index (χ1v) is 36.7. The Morgan fingerprint density at radius 1 is 0.480 bits per heavy atom. The van der Waals surface area contributed by atoms with Crippen molar-refractivity contribution in [1.82, 2.24) is 56.0 Å². The zero-order valence-electron chi connectivity index (χ0n) is 67.6. The fourth-order valence-corrected chi connectivity index (χ4v) is 12.9. The first-order chi connectivity index (χ1) is 47.3. The van der Waals surface area contributed by atoms with Gasteiger partial charge in [-0.15, -0.1) is 0 Å². The highest BCUT2D eigenvalue weighted by molar-refractivity contribution is 5.99. The lowest BCUT2D eigenvalue weighted by Crippen LogP contribution is -2.62. The maximum atomic E-state index is 15.4. The van der Waals surface area contributed by atoms with Crippen molar-refractivity contribution in [1.29, 1.82) is 0 Å². The van der Waals surface area contributed by atoms with Gasteiger partial charge >= 0.3 is 11.9 Å². The second-order valence-electron chi connectivity index (χ2n) is 30.2. The zero-order valence-corrected chi connectivity index (χ0v) is 67.6. The Balaban J connectivity index is 7.25. The number of methoxy groups -OCH3 is 1. The molecule has 0 saturated heterocycles. The number of Topliss-reactive ketones (excluding diaryl/α,β-unsaturated/α-hetero) is 1. The quantitative estimate of drug-likeness (QED) is 0.0363. The summed E-state index contributed by atoms with van der Waals surface area (Å²) >= 11 is 0. The van der Waals surface area contributed by atoms with Gasteiger partial charge in [0.1, 0.15) is 61.0 Å². The summed E-state index contributed by atoms with van der Waals surface area (Å²) in [6.45, 7) is 36.6. The van der Waals surface area contributed by atoms with Gasteiger partial charge in [-0.2, -0.15) is 0 Å². The molecule has 0 aliphatic heterocycles. The molecular weight excluding hydrogens is 1310 g/mol. The molecule has 27 heteroatoms. The minimum atomic E-state index is -1.53. The topological polar surface area (TPSA) is 329 Å². The molecule has 0 saturated carbocycles. The minimum Gasteiger partial charge on any atom is -0.462 e. The summed E-state index contributed by atoms with van der Waals surface area (Å²) in [5.41, 5.74) is 0. The van der Waals surface area contributed by atoms with Crippen LogP contribution in [0.1, 0.15) is 190 Å². The van der Waals surface area contributed by atoms with Gasteiger partial charge in [0, 0.05) is 81.0 Å². The Hall–Kier alpha value is -7.03. The minimum absolute atomic E-state index is 0.0326. The number of carbonyl (C=O) groups excluding carboxylic acids is 13. The molecule has 0 rings (SSSR count). The van der Waals surface area contributed by atoms with Gasteiger partial charge in [0.25, 0.3) is 0 Å². The van der Waals surface area contributed by atoms with E-state index in [0.717, 1.165) is 4.90 Å². The summed E-state index contributed by atoms with van der Waals surface area (Å²) in [4.78, 5) is 192. The van der Waals surface area contributed by atoms with Gasteiger partial charge in [-0.05, 0) is 114 Å². The molecule has 0 aromatic heterocycles. The molecule has 0 bridgehead atoms. The molecule has 10 amide bonds. The summed E-state index contributed by atoms with van der Waals surface area (Å²) in [5.74, 6) is -11.9. The molecule has 586 valence electrons. The Morgan fingerprint density at radius 3 is 1.44 bits per heavy atom. The van der Waals surface area contributed by atoms with Crippen LogP contribution in [0.5, 0.6) is 0 Å². The van der Waals surface area contributed by atoms with Crippen molar-refractivity contribution < 1.29 is 76.5 Å². The number of hydrogen-bond donors (Lipinski definition) is 5. The average Bonchev–Trinajstić information content (AvgIpc) is 0.804. The van der Waals surface area contributed by atoms with Crippen molar-refractivity contribution in [3.63, 3.8) is 0 Å². The van der Waals surface area contributed by atoms with E-state index in [4.69, 9.17) is 14.2 Å². The Morgan fingerprint density at radius 2 is 0.980 bits per heavy atom. The molecule has 102 heavy (non-hydrogen) atoms. The van der Waals surface area contributed by atoms with E-state index in [0.29, 0.717) is 19.3 Å². The maximum absolute atomic E-state index is 15.4. The second kappa shape index (κ2) is 45.9. The van der Waals surface area contributed by atoms with Crippen molar-refractivity contribution in [3.8, 4) is 0 Å². The first-order valence-electron chi connectivity index (χ1n) is 36.7. The van der Waals surface area contributed by atoms with Gasteiger partial charge in [-0.1, -0.05) is 123 Å². The number of ether oxygens (including phenoxy) is 3. The monoisotopic (exact) mass is 1450 g/mol. The lowest BCUT2D eigenvalue weighted by molar-refractivity contribution is -0.164. The third-order valence-electron chi connectivity index (χ3n) is 19.1. The summed E-state index contributed by atoms with van der Waals surface area (Å²) < 4.78 is 16.7. The van der Waals surface area contributed by atoms with E-state index in [1.54, 1.807) is 68.6 Å². The van der Waals surface area contributed by atoms with Crippen LogP contribution in [0, 0.1) is 59.2 Å². The highest BCUT2D eigenvalue weighted by atomic mass is 16.5. The third kappa shape index (κ3) is 29.2. The highest BCUT2D eigenvalue weighted by Crippen LogP contribution is 2.33. The predicted octanol–water partition coefficient (Wildman–Crippen LogP) is 5.64. The first kappa shape index (κ1) is 95.0. The van der Waals surface area contributed by atoms with Gasteiger partial charge in [0.05, 0.1) is 25.2 Å². The van der Waals surface area contributed by atoms with E-state index >= 15 is 14.4 Å². The Kier molecular flexibility index (Phi) is 42.8. The molecule has 27 nitrogen and oxygen atoms in total. The number of likely N-dealkylation sites (N-methyl/N-ethyl adjacent to an activating group) is 7. The van der Waals surface area contributed by atoms with Gasteiger partial charge in [0.15, 0.2) is 5.78 Å². The smallest absolute Gasteiger partial charge is 0.328 e. The van der Waals surface area contributed by atoms with Crippen LogP contribution in [-0.2, 0) is 76.5 Å². The number of nitrogens with one attached hydrogen (secondary N) is 5. The molecule has 0 fully saturated rings. The van der Waals surface area contributed by atoms with Crippen LogP contribution < -0.4 is 26.6 Å². The molecule has 0 aliphatic rings. The molecule has 0 heterocycles. The number of amides is 10. The number of allylic oxidation sites excluding steroid dienone is 2. The number of nitrogens with zero attached hydrogens (tertiary/aromatic N) is 6. The summed E-state index contributed by atoms with van der Waals surface area (Å²) in [6.07, 6.45) is 3.98. The number of hydrogen-bond acceptors (Lipinski definition) is 17. The SMILES string of the molecule is CC=CCC(C)C(OC(C)=O)C(C(=O)NC(CC)C(=O)OCCN(C)C(C)=O)N(C)C(=O)C(C(C)C)N(C)C(=O)C(CC(C)C)CC(C(=O)C(CC(C)C)N(C)C(=O)C(C)NC(=O)C(C)NC(=O)C(CC(C)C)N(C)C(=O)C(NC(=O)C(C(C)COC)N(C)C(=O)C(CC)NC)C(C)C)C(C)C. The molecule has 0 aromatic rings. The summed E-state index contributed by atoms with van der Waals surface area (Å²) in [5, 5.41) is 14.0. The van der Waals surface area contributed by atoms with E-state index in [2.05, 4.69) is 26.6 Å². The van der Waals surface area contributed by atoms with Gasteiger partial charge in [-0.25, -0.2) is 4.79 Å². The van der Waals surface area contributed by atoms with Crippen LogP contribution in [0.2, 0.25) is 0 Å². The summed E-state index contributed by atoms with van der Waals surface area (Å²) in [7, 11) is 12.1. The van der Waals surface area contributed by atoms with E-state index in [1.165, 1.54) is 94.5 Å². The molecule has 0 aliphatic carbocycles. The number of ketones is 1. The molecule has 0 spiro atoms. The van der Waals surface area contributed by atoms with E-state index in [1.807, 2.05) is 75.3 Å². The lowest BCUT2D eigenvalue weighted by atomic mass is 9.77. The molecular formula is C75H135N11O16. The van der Waals surface area contributed by atoms with Gasteiger partial charge < -0.3 is 70.2 Å². The average molecular weight is 1450 g/mol. The standard InChI is InChI=1S/C75H135N11O16/c1-30-33-34-48(16)65(102-53(21)88)63(69(93)79-57(32-3)75(99)101-36-35-81(23)52(20)87)86(28)74(98)61(47(14)15)84(26)71(95)54(37-42(4)5)40-55(45(10)11)64(89)58(38-43(6)7)82(24)70(94)51(19)78-66(90)50(18)77-67(91)59(39-44(8)9)83(25)73(97)60(46(12)13)80-68(92)62(49(17)41-100-29)85(27)72(96)56(31-2)76-22/h30,33,42-51,54-63,65,76H,31-32,34-41H2,1-29H3,(H,77,91)(H,78,90)(H,79,93)(H,80,92). The number of esters is 2. The summed E-state index contributed by atoms with van der Waals surface area (Å²) in [6, 6.07) is -11.3. The highest BCUT2D eigenvalue weighted by Gasteiger charge is 2.47. The zero-order chi connectivity index (χ0) is 79.2. The fraction of sp³-hybridized carbons (Fsp3) is 0.800. The van der Waals surface area contributed by atoms with Crippen molar-refractivity contribution in [2.24, 2.45) is 59.2 Å². The van der Waals surface area contributed by atoms with Crippen LogP contribution in [0.4, 0.5) is 0 Å². The van der Waals surface area contributed by atoms with E-state index < -0.39 is 161 Å². The van der Waals surface area contributed by atoms with Crippen molar-refractivity contribution in [2.45, 2.75) is 257 Å². The lowest BCUT2D eigenvalue weighted by Gasteiger charge is -2.41. The largest absolute Gasteiger partial charge is 0.462 e. The third-order valence-corrected chi connectivity index (χ3v) is 19.1.